The largest absolute Gasteiger partial charge is 0.330 e. The molecule has 0 saturated carbocycles. The maximum absolute atomic E-state index is 12.5. The second kappa shape index (κ2) is 6.35. The molecule has 0 radical (unpaired) electrons. The third-order valence-electron chi connectivity index (χ3n) is 3.75. The summed E-state index contributed by atoms with van der Waals surface area (Å²) in [6.07, 6.45) is 1.94. The molecule has 1 saturated heterocycles. The van der Waals surface area contributed by atoms with Gasteiger partial charge in [-0.05, 0) is 43.0 Å². The molecule has 20 heavy (non-hydrogen) atoms. The molecule has 1 fully saturated rings. The molecule has 5 nitrogen and oxygen atoms in total. The van der Waals surface area contributed by atoms with E-state index in [4.69, 9.17) is 11.0 Å². The third-order valence-corrected chi connectivity index (χ3v) is 5.66. The fourth-order valence-electron chi connectivity index (χ4n) is 2.40. The van der Waals surface area contributed by atoms with E-state index in [1.54, 1.807) is 24.3 Å². The predicted octanol–water partition coefficient (Wildman–Crippen LogP) is 1.11. The van der Waals surface area contributed by atoms with Crippen LogP contribution in [0.25, 0.3) is 0 Å². The van der Waals surface area contributed by atoms with E-state index in [-0.39, 0.29) is 0 Å². The summed E-state index contributed by atoms with van der Waals surface area (Å²) in [7, 11) is -3.42. The van der Waals surface area contributed by atoms with E-state index in [1.807, 2.05) is 6.07 Å². The van der Waals surface area contributed by atoms with Gasteiger partial charge in [-0.3, -0.25) is 0 Å². The van der Waals surface area contributed by atoms with Crippen molar-refractivity contribution in [3.05, 3.63) is 29.8 Å². The van der Waals surface area contributed by atoms with Crippen molar-refractivity contribution < 1.29 is 8.42 Å². The Morgan fingerprint density at radius 1 is 1.25 bits per heavy atom. The van der Waals surface area contributed by atoms with Gasteiger partial charge in [0, 0.05) is 13.1 Å². The lowest BCUT2D eigenvalue weighted by Crippen LogP contribution is -2.39. The van der Waals surface area contributed by atoms with Crippen molar-refractivity contribution in [3.63, 3.8) is 0 Å². The summed E-state index contributed by atoms with van der Waals surface area (Å²) in [5, 5.41) is 8.61. The lowest BCUT2D eigenvalue weighted by Gasteiger charge is -2.30. The van der Waals surface area contributed by atoms with Gasteiger partial charge in [0.1, 0.15) is 0 Å². The first-order chi connectivity index (χ1) is 9.57. The molecule has 6 heteroatoms. The van der Waals surface area contributed by atoms with Crippen molar-refractivity contribution in [2.24, 2.45) is 11.7 Å². The minimum absolute atomic E-state index is 0.294. The molecule has 0 unspecified atom stereocenters. The van der Waals surface area contributed by atoms with Crippen LogP contribution in [0.1, 0.15) is 18.4 Å². The van der Waals surface area contributed by atoms with Crippen LogP contribution in [0.3, 0.4) is 0 Å². The standard InChI is InChI=1S/C14H19N3O2S/c15-8-5-12-1-3-14(4-2-12)20(18,19)17-9-6-13(11-16)7-10-17/h1-4,13H,5-7,9-11,16H2. The van der Waals surface area contributed by atoms with Crippen molar-refractivity contribution in [1.29, 1.82) is 5.26 Å². The van der Waals surface area contributed by atoms with Crippen LogP contribution in [0.4, 0.5) is 0 Å². The van der Waals surface area contributed by atoms with Crippen LogP contribution in [-0.2, 0) is 16.4 Å². The van der Waals surface area contributed by atoms with Gasteiger partial charge >= 0.3 is 0 Å². The smallest absolute Gasteiger partial charge is 0.243 e. The van der Waals surface area contributed by atoms with Gasteiger partial charge in [-0.2, -0.15) is 9.57 Å². The third kappa shape index (κ3) is 3.18. The fourth-order valence-corrected chi connectivity index (χ4v) is 3.87. The lowest BCUT2D eigenvalue weighted by molar-refractivity contribution is 0.278. The van der Waals surface area contributed by atoms with Crippen molar-refractivity contribution >= 4 is 10.0 Å². The van der Waals surface area contributed by atoms with Crippen LogP contribution < -0.4 is 5.73 Å². The molecule has 1 aliphatic heterocycles. The molecule has 1 aliphatic rings. The summed E-state index contributed by atoms with van der Waals surface area (Å²) in [4.78, 5) is 0.297. The molecular weight excluding hydrogens is 274 g/mol. The molecule has 2 N–H and O–H groups in total. The van der Waals surface area contributed by atoms with Gasteiger partial charge in [0.2, 0.25) is 10.0 Å². The summed E-state index contributed by atoms with van der Waals surface area (Å²) in [5.41, 5.74) is 6.45. The maximum Gasteiger partial charge on any atom is 0.243 e. The Morgan fingerprint density at radius 2 is 1.85 bits per heavy atom. The van der Waals surface area contributed by atoms with E-state index in [0.717, 1.165) is 18.4 Å². The van der Waals surface area contributed by atoms with E-state index in [0.29, 0.717) is 36.9 Å². The van der Waals surface area contributed by atoms with Crippen LogP contribution >= 0.6 is 0 Å². The number of nitrogens with zero attached hydrogens (tertiary/aromatic N) is 2. The molecule has 0 aromatic heterocycles. The van der Waals surface area contributed by atoms with Crippen LogP contribution in [-0.4, -0.2) is 32.4 Å². The summed E-state index contributed by atoms with van der Waals surface area (Å²) in [6, 6.07) is 8.60. The maximum atomic E-state index is 12.5. The van der Waals surface area contributed by atoms with Crippen molar-refractivity contribution in [2.75, 3.05) is 19.6 Å². The number of nitrogens with two attached hydrogens (primary N) is 1. The number of benzene rings is 1. The van der Waals surface area contributed by atoms with Crippen LogP contribution in [0.15, 0.2) is 29.2 Å². The zero-order valence-electron chi connectivity index (χ0n) is 11.3. The molecule has 0 atom stereocenters. The van der Waals surface area contributed by atoms with Crippen molar-refractivity contribution in [3.8, 4) is 6.07 Å². The van der Waals surface area contributed by atoms with Gasteiger partial charge in [-0.25, -0.2) is 8.42 Å². The van der Waals surface area contributed by atoms with Gasteiger partial charge in [0.15, 0.2) is 0 Å². The highest BCUT2D eigenvalue weighted by atomic mass is 32.2. The Balaban J connectivity index is 2.12. The number of sulfonamides is 1. The quantitative estimate of drug-likeness (QED) is 0.901. The average molecular weight is 293 g/mol. The first-order valence-electron chi connectivity index (χ1n) is 6.74. The molecule has 1 heterocycles. The Labute approximate surface area is 120 Å². The predicted molar refractivity (Wildman–Crippen MR) is 76.3 cm³/mol. The second-order valence-electron chi connectivity index (χ2n) is 5.06. The second-order valence-corrected chi connectivity index (χ2v) is 7.00. The highest BCUT2D eigenvalue weighted by Crippen LogP contribution is 2.23. The molecule has 108 valence electrons. The molecule has 0 amide bonds. The zero-order valence-corrected chi connectivity index (χ0v) is 12.1. The minimum atomic E-state index is -3.42. The SMILES string of the molecule is N#CCc1ccc(S(=O)(=O)N2CCC(CN)CC2)cc1. The first-order valence-corrected chi connectivity index (χ1v) is 8.18. The highest BCUT2D eigenvalue weighted by molar-refractivity contribution is 7.89. The Kier molecular flexibility index (Phi) is 4.76. The van der Waals surface area contributed by atoms with Gasteiger partial charge in [-0.1, -0.05) is 12.1 Å². The molecule has 0 spiro atoms. The van der Waals surface area contributed by atoms with E-state index in [1.165, 1.54) is 4.31 Å². The molecule has 0 aliphatic carbocycles. The molecular formula is C14H19N3O2S. The number of hydrogen-bond donors (Lipinski definition) is 1. The fraction of sp³-hybridized carbons (Fsp3) is 0.500. The van der Waals surface area contributed by atoms with Gasteiger partial charge in [0.05, 0.1) is 17.4 Å². The normalized spacial score (nSPS) is 17.8. The Morgan fingerprint density at radius 3 is 2.35 bits per heavy atom. The minimum Gasteiger partial charge on any atom is -0.330 e. The lowest BCUT2D eigenvalue weighted by atomic mass is 9.99. The molecule has 1 aromatic carbocycles. The summed E-state index contributed by atoms with van der Waals surface area (Å²) < 4.78 is 26.5. The summed E-state index contributed by atoms with van der Waals surface area (Å²) in [6.45, 7) is 1.69. The average Bonchev–Trinajstić information content (AvgIpc) is 2.48. The Bertz CT molecular complexity index is 582. The molecule has 2 rings (SSSR count). The van der Waals surface area contributed by atoms with Crippen LogP contribution in [0.2, 0.25) is 0 Å². The number of piperidine rings is 1. The van der Waals surface area contributed by atoms with Crippen LogP contribution in [0, 0.1) is 17.2 Å². The van der Waals surface area contributed by atoms with Gasteiger partial charge in [-0.15, -0.1) is 0 Å². The summed E-state index contributed by atoms with van der Waals surface area (Å²) >= 11 is 0. The molecule has 1 aromatic rings. The zero-order chi connectivity index (χ0) is 14.6. The summed E-state index contributed by atoms with van der Waals surface area (Å²) in [5.74, 6) is 0.430. The number of rotatable bonds is 4. The highest BCUT2D eigenvalue weighted by Gasteiger charge is 2.28. The number of nitriles is 1. The van der Waals surface area contributed by atoms with Crippen LogP contribution in [0.5, 0.6) is 0 Å². The monoisotopic (exact) mass is 293 g/mol. The van der Waals surface area contributed by atoms with E-state index in [2.05, 4.69) is 0 Å². The number of hydrogen-bond acceptors (Lipinski definition) is 4. The van der Waals surface area contributed by atoms with Crippen molar-refractivity contribution in [2.45, 2.75) is 24.2 Å². The Hall–Kier alpha value is -1.42. The van der Waals surface area contributed by atoms with Gasteiger partial charge < -0.3 is 5.73 Å². The van der Waals surface area contributed by atoms with E-state index >= 15 is 0 Å². The topological polar surface area (TPSA) is 87.2 Å². The van der Waals surface area contributed by atoms with Crippen molar-refractivity contribution in [1.82, 2.24) is 4.31 Å². The van der Waals surface area contributed by atoms with Gasteiger partial charge in [0.25, 0.3) is 0 Å². The molecule has 0 bridgehead atoms. The van der Waals surface area contributed by atoms with E-state index < -0.39 is 10.0 Å². The van der Waals surface area contributed by atoms with E-state index in [9.17, 15) is 8.42 Å². The first kappa shape index (κ1) is 15.0.